The minimum absolute atomic E-state index is 0.0661. The number of ether oxygens (including phenoxy) is 1. The molecule has 0 saturated heterocycles. The first-order valence-electron chi connectivity index (χ1n) is 6.65. The van der Waals surface area contributed by atoms with Gasteiger partial charge in [-0.3, -0.25) is 4.79 Å². The highest BCUT2D eigenvalue weighted by molar-refractivity contribution is 7.98. The molecule has 0 fully saturated rings. The molecule has 0 heterocycles. The summed E-state index contributed by atoms with van der Waals surface area (Å²) in [6.07, 6.45) is 0.0661. The number of carboxylic acids is 1. The number of benzene rings is 2. The average molecular weight is 302 g/mol. The largest absolute Gasteiger partial charge is 0.496 e. The van der Waals surface area contributed by atoms with E-state index in [0.29, 0.717) is 0 Å². The van der Waals surface area contributed by atoms with Gasteiger partial charge in [0.25, 0.3) is 0 Å². The molecular formula is C17H18O3S. The molecule has 1 N–H and O–H groups in total. The molecular weight excluding hydrogens is 284 g/mol. The van der Waals surface area contributed by atoms with Gasteiger partial charge < -0.3 is 9.84 Å². The van der Waals surface area contributed by atoms with E-state index in [4.69, 9.17) is 9.84 Å². The molecule has 2 aromatic carbocycles. The molecule has 0 amide bonds. The van der Waals surface area contributed by atoms with Gasteiger partial charge in [-0.05, 0) is 30.7 Å². The van der Waals surface area contributed by atoms with Crippen molar-refractivity contribution in [2.75, 3.05) is 7.11 Å². The van der Waals surface area contributed by atoms with E-state index in [2.05, 4.69) is 13.0 Å². The minimum Gasteiger partial charge on any atom is -0.496 e. The van der Waals surface area contributed by atoms with Gasteiger partial charge in [0.15, 0.2) is 0 Å². The summed E-state index contributed by atoms with van der Waals surface area (Å²) in [6, 6.07) is 13.8. The van der Waals surface area contributed by atoms with Gasteiger partial charge in [-0.2, -0.15) is 0 Å². The molecule has 0 saturated carbocycles. The van der Waals surface area contributed by atoms with Crippen LogP contribution < -0.4 is 4.74 Å². The normalized spacial score (nSPS) is 10.4. The summed E-state index contributed by atoms with van der Waals surface area (Å²) in [6.45, 7) is 2.06. The Morgan fingerprint density at radius 2 is 1.90 bits per heavy atom. The fourth-order valence-electron chi connectivity index (χ4n) is 2.06. The zero-order valence-corrected chi connectivity index (χ0v) is 12.9. The highest BCUT2D eigenvalue weighted by Crippen LogP contribution is 2.28. The molecule has 0 atom stereocenters. The summed E-state index contributed by atoms with van der Waals surface area (Å²) in [4.78, 5) is 11.8. The Bertz CT molecular complexity index is 620. The lowest BCUT2D eigenvalue weighted by molar-refractivity contribution is -0.136. The number of aliphatic carboxylic acids is 1. The zero-order valence-electron chi connectivity index (χ0n) is 12.1. The van der Waals surface area contributed by atoms with Crippen LogP contribution in [0.1, 0.15) is 16.7 Å². The second-order valence-corrected chi connectivity index (χ2v) is 5.87. The number of rotatable bonds is 6. The molecule has 2 rings (SSSR count). The second kappa shape index (κ2) is 7.18. The molecule has 21 heavy (non-hydrogen) atoms. The first-order valence-corrected chi connectivity index (χ1v) is 7.64. The highest BCUT2D eigenvalue weighted by Gasteiger charge is 2.05. The van der Waals surface area contributed by atoms with Crippen molar-refractivity contribution >= 4 is 17.7 Å². The van der Waals surface area contributed by atoms with Crippen molar-refractivity contribution < 1.29 is 14.6 Å². The predicted octanol–water partition coefficient (Wildman–Crippen LogP) is 3.92. The monoisotopic (exact) mass is 302 g/mol. The molecule has 0 aromatic heterocycles. The van der Waals surface area contributed by atoms with Crippen LogP contribution in [0, 0.1) is 6.92 Å². The highest BCUT2D eigenvalue weighted by atomic mass is 32.2. The van der Waals surface area contributed by atoms with Crippen LogP contribution in [-0.2, 0) is 17.0 Å². The maximum absolute atomic E-state index is 10.6. The summed E-state index contributed by atoms with van der Waals surface area (Å²) >= 11 is 1.71. The van der Waals surface area contributed by atoms with Crippen LogP contribution in [0.3, 0.4) is 0 Å². The van der Waals surface area contributed by atoms with Crippen LogP contribution in [0.2, 0.25) is 0 Å². The van der Waals surface area contributed by atoms with Crippen molar-refractivity contribution in [3.8, 4) is 5.75 Å². The maximum atomic E-state index is 10.6. The third kappa shape index (κ3) is 4.53. The fourth-order valence-corrected chi connectivity index (χ4v) is 2.94. The van der Waals surface area contributed by atoms with E-state index < -0.39 is 5.97 Å². The molecule has 0 aliphatic carbocycles. The van der Waals surface area contributed by atoms with Gasteiger partial charge in [-0.15, -0.1) is 11.8 Å². The standard InChI is InChI=1S/C17H18O3S/c1-12-3-8-16(20-2)14(9-12)11-21-15-6-4-13(5-7-15)10-17(18)19/h3-9H,10-11H2,1-2H3,(H,18,19). The van der Waals surface area contributed by atoms with Gasteiger partial charge in [0, 0.05) is 16.2 Å². The predicted molar refractivity (Wildman–Crippen MR) is 85.1 cm³/mol. The number of aryl methyl sites for hydroxylation is 1. The molecule has 4 heteroatoms. The lowest BCUT2D eigenvalue weighted by atomic mass is 10.1. The van der Waals surface area contributed by atoms with Gasteiger partial charge in [0.1, 0.15) is 5.75 Å². The Kier molecular flexibility index (Phi) is 5.28. The Morgan fingerprint density at radius 3 is 2.52 bits per heavy atom. The van der Waals surface area contributed by atoms with Crippen molar-refractivity contribution in [1.29, 1.82) is 0 Å². The first-order chi connectivity index (χ1) is 10.1. The Balaban J connectivity index is 2.03. The molecule has 2 aromatic rings. The fraction of sp³-hybridized carbons (Fsp3) is 0.235. The van der Waals surface area contributed by atoms with Gasteiger partial charge in [-0.25, -0.2) is 0 Å². The topological polar surface area (TPSA) is 46.5 Å². The summed E-state index contributed by atoms with van der Waals surface area (Å²) in [5.41, 5.74) is 3.19. The van der Waals surface area contributed by atoms with Crippen molar-refractivity contribution in [1.82, 2.24) is 0 Å². The smallest absolute Gasteiger partial charge is 0.307 e. The molecule has 0 bridgehead atoms. The van der Waals surface area contributed by atoms with E-state index in [1.807, 2.05) is 36.4 Å². The van der Waals surface area contributed by atoms with E-state index in [1.165, 1.54) is 5.56 Å². The van der Waals surface area contributed by atoms with Crippen LogP contribution in [0.15, 0.2) is 47.4 Å². The number of thioether (sulfide) groups is 1. The third-order valence-electron chi connectivity index (χ3n) is 3.11. The van der Waals surface area contributed by atoms with Crippen LogP contribution in [0.4, 0.5) is 0 Å². The van der Waals surface area contributed by atoms with Gasteiger partial charge in [-0.1, -0.05) is 29.8 Å². The SMILES string of the molecule is COc1ccc(C)cc1CSc1ccc(CC(=O)O)cc1. The van der Waals surface area contributed by atoms with Crippen LogP contribution in [0.25, 0.3) is 0 Å². The third-order valence-corrected chi connectivity index (χ3v) is 4.17. The quantitative estimate of drug-likeness (QED) is 0.821. The van der Waals surface area contributed by atoms with Gasteiger partial charge in [0.05, 0.1) is 13.5 Å². The van der Waals surface area contributed by atoms with Crippen LogP contribution in [0.5, 0.6) is 5.75 Å². The summed E-state index contributed by atoms with van der Waals surface area (Å²) < 4.78 is 5.37. The maximum Gasteiger partial charge on any atom is 0.307 e. The summed E-state index contributed by atoms with van der Waals surface area (Å²) in [5, 5.41) is 8.75. The molecule has 0 radical (unpaired) electrons. The van der Waals surface area contributed by atoms with E-state index in [9.17, 15) is 4.79 Å². The lowest BCUT2D eigenvalue weighted by Gasteiger charge is -2.09. The van der Waals surface area contributed by atoms with Crippen LogP contribution >= 0.6 is 11.8 Å². The Labute approximate surface area is 129 Å². The average Bonchev–Trinajstić information content (AvgIpc) is 2.46. The molecule has 0 aliphatic heterocycles. The van der Waals surface area contributed by atoms with E-state index in [1.54, 1.807) is 18.9 Å². The number of carboxylic acid groups (broad SMARTS) is 1. The van der Waals surface area contributed by atoms with E-state index >= 15 is 0 Å². The summed E-state index contributed by atoms with van der Waals surface area (Å²) in [7, 11) is 1.68. The van der Waals surface area contributed by atoms with Crippen LogP contribution in [-0.4, -0.2) is 18.2 Å². The molecule has 0 aliphatic rings. The number of hydrogen-bond acceptors (Lipinski definition) is 3. The van der Waals surface area contributed by atoms with E-state index in [-0.39, 0.29) is 6.42 Å². The molecule has 3 nitrogen and oxygen atoms in total. The van der Waals surface area contributed by atoms with Gasteiger partial charge >= 0.3 is 5.97 Å². The molecule has 0 unspecified atom stereocenters. The van der Waals surface area contributed by atoms with Crippen molar-refractivity contribution in [3.05, 3.63) is 59.2 Å². The zero-order chi connectivity index (χ0) is 15.2. The Morgan fingerprint density at radius 1 is 1.19 bits per heavy atom. The van der Waals surface area contributed by atoms with Crippen molar-refractivity contribution in [3.63, 3.8) is 0 Å². The number of hydrogen-bond donors (Lipinski definition) is 1. The molecule has 0 spiro atoms. The van der Waals surface area contributed by atoms with Gasteiger partial charge in [0.2, 0.25) is 0 Å². The second-order valence-electron chi connectivity index (χ2n) is 4.82. The Hall–Kier alpha value is -1.94. The van der Waals surface area contributed by atoms with E-state index in [0.717, 1.165) is 27.5 Å². The van der Waals surface area contributed by atoms with Crippen molar-refractivity contribution in [2.45, 2.75) is 24.0 Å². The minimum atomic E-state index is -0.806. The lowest BCUT2D eigenvalue weighted by Crippen LogP contribution is -1.99. The molecule has 110 valence electrons. The first kappa shape index (κ1) is 15.4. The van der Waals surface area contributed by atoms with Crippen molar-refractivity contribution in [2.24, 2.45) is 0 Å². The number of carbonyl (C=O) groups is 1. The summed E-state index contributed by atoms with van der Waals surface area (Å²) in [5.74, 6) is 0.916. The number of methoxy groups -OCH3 is 1.